The molecule has 0 radical (unpaired) electrons. The zero-order valence-corrected chi connectivity index (χ0v) is 15.1. The van der Waals surface area contributed by atoms with E-state index in [0.717, 1.165) is 38.8 Å². The zero-order valence-electron chi connectivity index (χ0n) is 13.5. The van der Waals surface area contributed by atoms with Gasteiger partial charge in [0.1, 0.15) is 22.9 Å². The van der Waals surface area contributed by atoms with Crippen LogP contribution in [-0.2, 0) is 0 Å². The predicted molar refractivity (Wildman–Crippen MR) is 102 cm³/mol. The fourth-order valence-electron chi connectivity index (χ4n) is 2.63. The van der Waals surface area contributed by atoms with Crippen LogP contribution in [0.25, 0.3) is 17.0 Å². The third-order valence-electron chi connectivity index (χ3n) is 3.84. The number of hydrogen-bond donors (Lipinski definition) is 1. The molecule has 0 saturated heterocycles. The van der Waals surface area contributed by atoms with Gasteiger partial charge >= 0.3 is 0 Å². The molecule has 6 heteroatoms. The van der Waals surface area contributed by atoms with E-state index in [4.69, 9.17) is 9.72 Å². The smallest absolute Gasteiger partial charge is 0.144 e. The Morgan fingerprint density at radius 3 is 2.60 bits per heavy atom. The molecule has 3 heterocycles. The van der Waals surface area contributed by atoms with Crippen molar-refractivity contribution in [2.45, 2.75) is 0 Å². The highest BCUT2D eigenvalue weighted by molar-refractivity contribution is 9.10. The lowest BCUT2D eigenvalue weighted by Gasteiger charge is -2.09. The molecule has 0 aliphatic carbocycles. The Kier molecular flexibility index (Phi) is 4.11. The molecule has 5 nitrogen and oxygen atoms in total. The third kappa shape index (κ3) is 3.08. The van der Waals surface area contributed by atoms with Crippen molar-refractivity contribution < 1.29 is 4.74 Å². The average Bonchev–Trinajstić information content (AvgIpc) is 3.01. The minimum absolute atomic E-state index is 0.800. The largest absolute Gasteiger partial charge is 0.497 e. The SMILES string of the molecule is COc1ccc(Nc2c(-c3ccccn3)nc3ccc(Br)cn23)cc1. The van der Waals surface area contributed by atoms with Crippen LogP contribution in [-0.4, -0.2) is 21.5 Å². The summed E-state index contributed by atoms with van der Waals surface area (Å²) in [6, 6.07) is 17.5. The molecule has 1 N–H and O–H groups in total. The van der Waals surface area contributed by atoms with Crippen molar-refractivity contribution >= 4 is 33.1 Å². The predicted octanol–water partition coefficient (Wildman–Crippen LogP) is 4.91. The second kappa shape index (κ2) is 6.57. The molecule has 1 aromatic carbocycles. The first kappa shape index (κ1) is 15.7. The maximum Gasteiger partial charge on any atom is 0.144 e. The summed E-state index contributed by atoms with van der Waals surface area (Å²) in [5.41, 5.74) is 3.41. The maximum absolute atomic E-state index is 5.22. The number of pyridine rings is 2. The molecule has 4 aromatic rings. The van der Waals surface area contributed by atoms with E-state index in [2.05, 4.69) is 26.2 Å². The quantitative estimate of drug-likeness (QED) is 0.534. The fraction of sp³-hybridized carbons (Fsp3) is 0.0526. The Bertz CT molecular complexity index is 1010. The van der Waals surface area contributed by atoms with Gasteiger partial charge in [-0.3, -0.25) is 9.38 Å². The molecule has 0 fully saturated rings. The van der Waals surface area contributed by atoms with Gasteiger partial charge in [0.2, 0.25) is 0 Å². The minimum atomic E-state index is 0.800. The van der Waals surface area contributed by atoms with Crippen LogP contribution >= 0.6 is 15.9 Å². The van der Waals surface area contributed by atoms with Crippen LogP contribution in [0, 0.1) is 0 Å². The number of hydrogen-bond acceptors (Lipinski definition) is 4. The van der Waals surface area contributed by atoms with Crippen LogP contribution in [0.5, 0.6) is 5.75 Å². The van der Waals surface area contributed by atoms with Crippen molar-refractivity contribution in [3.63, 3.8) is 0 Å². The lowest BCUT2D eigenvalue weighted by atomic mass is 10.2. The van der Waals surface area contributed by atoms with Crippen LogP contribution in [0.4, 0.5) is 11.5 Å². The van der Waals surface area contributed by atoms with Gasteiger partial charge < -0.3 is 10.1 Å². The second-order valence-electron chi connectivity index (χ2n) is 5.45. The zero-order chi connectivity index (χ0) is 17.2. The third-order valence-corrected chi connectivity index (χ3v) is 4.31. The summed E-state index contributed by atoms with van der Waals surface area (Å²) in [5.74, 6) is 1.68. The van der Waals surface area contributed by atoms with Gasteiger partial charge in [-0.2, -0.15) is 0 Å². The van der Waals surface area contributed by atoms with Gasteiger partial charge in [-0.15, -0.1) is 0 Å². The Hall–Kier alpha value is -2.86. The van der Waals surface area contributed by atoms with E-state index in [1.807, 2.05) is 65.2 Å². The van der Waals surface area contributed by atoms with Gasteiger partial charge in [-0.05, 0) is 64.5 Å². The number of nitrogens with one attached hydrogen (secondary N) is 1. The van der Waals surface area contributed by atoms with E-state index in [1.165, 1.54) is 0 Å². The number of rotatable bonds is 4. The van der Waals surface area contributed by atoms with Crippen molar-refractivity contribution in [3.8, 4) is 17.1 Å². The summed E-state index contributed by atoms with van der Waals surface area (Å²) in [6.45, 7) is 0. The molecule has 0 spiro atoms. The summed E-state index contributed by atoms with van der Waals surface area (Å²) in [6.07, 6.45) is 3.76. The number of fused-ring (bicyclic) bond motifs is 1. The molecule has 0 saturated carbocycles. The Balaban J connectivity index is 1.85. The monoisotopic (exact) mass is 394 g/mol. The molecular weight excluding hydrogens is 380 g/mol. The van der Waals surface area contributed by atoms with Gasteiger partial charge in [0.25, 0.3) is 0 Å². The van der Waals surface area contributed by atoms with E-state index in [1.54, 1.807) is 13.3 Å². The molecular formula is C19H15BrN4O. The van der Waals surface area contributed by atoms with Gasteiger partial charge in [0.15, 0.2) is 0 Å². The van der Waals surface area contributed by atoms with Crippen molar-refractivity contribution in [3.05, 3.63) is 71.5 Å². The molecule has 3 aromatic heterocycles. The number of ether oxygens (including phenoxy) is 1. The minimum Gasteiger partial charge on any atom is -0.497 e. The molecule has 0 aliphatic heterocycles. The van der Waals surface area contributed by atoms with E-state index in [0.29, 0.717) is 0 Å². The van der Waals surface area contributed by atoms with E-state index in [9.17, 15) is 0 Å². The number of imidazole rings is 1. The second-order valence-corrected chi connectivity index (χ2v) is 6.37. The van der Waals surface area contributed by atoms with E-state index >= 15 is 0 Å². The Morgan fingerprint density at radius 1 is 1.04 bits per heavy atom. The Morgan fingerprint density at radius 2 is 1.88 bits per heavy atom. The summed E-state index contributed by atoms with van der Waals surface area (Å²) < 4.78 is 8.21. The van der Waals surface area contributed by atoms with Crippen molar-refractivity contribution in [1.29, 1.82) is 0 Å². The first-order chi connectivity index (χ1) is 12.2. The van der Waals surface area contributed by atoms with Gasteiger partial charge in [0, 0.05) is 22.6 Å². The first-order valence-electron chi connectivity index (χ1n) is 7.75. The molecule has 0 aliphatic rings. The van der Waals surface area contributed by atoms with Crippen LogP contribution in [0.15, 0.2) is 71.5 Å². The first-order valence-corrected chi connectivity index (χ1v) is 8.54. The van der Waals surface area contributed by atoms with Gasteiger partial charge in [0.05, 0.1) is 12.8 Å². The number of aromatic nitrogens is 3. The number of halogens is 1. The molecule has 0 bridgehead atoms. The maximum atomic E-state index is 5.22. The highest BCUT2D eigenvalue weighted by atomic mass is 79.9. The van der Waals surface area contributed by atoms with Crippen molar-refractivity contribution in [2.24, 2.45) is 0 Å². The van der Waals surface area contributed by atoms with Crippen LogP contribution in [0.3, 0.4) is 0 Å². The molecule has 0 atom stereocenters. The van der Waals surface area contributed by atoms with E-state index < -0.39 is 0 Å². The van der Waals surface area contributed by atoms with Crippen molar-refractivity contribution in [1.82, 2.24) is 14.4 Å². The molecule has 0 unspecified atom stereocenters. The summed E-state index contributed by atoms with van der Waals surface area (Å²) in [5, 5.41) is 3.46. The number of methoxy groups -OCH3 is 1. The standard InChI is InChI=1S/C19H15BrN4O/c1-25-15-8-6-14(7-9-15)22-19-18(16-4-2-3-11-21-16)23-17-10-5-13(20)12-24(17)19/h2-12,22H,1H3. The summed E-state index contributed by atoms with van der Waals surface area (Å²) >= 11 is 3.53. The van der Waals surface area contributed by atoms with Crippen molar-refractivity contribution in [2.75, 3.05) is 12.4 Å². The number of nitrogens with zero attached hydrogens (tertiary/aromatic N) is 3. The molecule has 25 heavy (non-hydrogen) atoms. The topological polar surface area (TPSA) is 51.5 Å². The molecule has 124 valence electrons. The van der Waals surface area contributed by atoms with Gasteiger partial charge in [-0.1, -0.05) is 6.07 Å². The highest BCUT2D eigenvalue weighted by Gasteiger charge is 2.15. The molecule has 0 amide bonds. The van der Waals surface area contributed by atoms with Crippen LogP contribution in [0.2, 0.25) is 0 Å². The van der Waals surface area contributed by atoms with Crippen LogP contribution in [0.1, 0.15) is 0 Å². The lowest BCUT2D eigenvalue weighted by molar-refractivity contribution is 0.415. The van der Waals surface area contributed by atoms with Crippen LogP contribution < -0.4 is 10.1 Å². The fourth-order valence-corrected chi connectivity index (χ4v) is 2.97. The summed E-state index contributed by atoms with van der Waals surface area (Å²) in [7, 11) is 1.66. The lowest BCUT2D eigenvalue weighted by Crippen LogP contribution is -1.97. The average molecular weight is 395 g/mol. The van der Waals surface area contributed by atoms with E-state index in [-0.39, 0.29) is 0 Å². The normalized spacial score (nSPS) is 10.8. The van der Waals surface area contributed by atoms with Gasteiger partial charge in [-0.25, -0.2) is 4.98 Å². The number of benzene rings is 1. The highest BCUT2D eigenvalue weighted by Crippen LogP contribution is 2.31. The number of anilines is 2. The Labute approximate surface area is 153 Å². The summed E-state index contributed by atoms with van der Waals surface area (Å²) in [4.78, 5) is 9.20. The molecule has 4 rings (SSSR count).